The molecule has 3 heterocycles. The maximum absolute atomic E-state index is 13.6. The number of nitriles is 1. The second-order valence-electron chi connectivity index (χ2n) is 8.57. The number of benzene rings is 2. The van der Waals surface area contributed by atoms with E-state index >= 15 is 0 Å². The number of aromatic amines is 1. The van der Waals surface area contributed by atoms with Gasteiger partial charge in [-0.3, -0.25) is 4.79 Å². The third-order valence-electron chi connectivity index (χ3n) is 6.09. The van der Waals surface area contributed by atoms with Crippen LogP contribution in [-0.2, 0) is 13.1 Å². The molecule has 5 rings (SSSR count). The Morgan fingerprint density at radius 1 is 1.08 bits per heavy atom. The molecule has 2 aromatic carbocycles. The van der Waals surface area contributed by atoms with Crippen molar-refractivity contribution in [2.75, 3.05) is 0 Å². The second kappa shape index (κ2) is 9.91. The predicted octanol–water partition coefficient (Wildman–Crippen LogP) is 5.35. The molecule has 0 fully saturated rings. The number of fused-ring (bicyclic) bond motifs is 1. The Kier molecular flexibility index (Phi) is 6.35. The van der Waals surface area contributed by atoms with Crippen LogP contribution in [0.4, 0.5) is 8.78 Å². The van der Waals surface area contributed by atoms with E-state index in [0.717, 1.165) is 34.2 Å². The highest BCUT2D eigenvalue weighted by Gasteiger charge is 2.11. The van der Waals surface area contributed by atoms with Gasteiger partial charge < -0.3 is 14.9 Å². The molecule has 0 aliphatic rings. The fourth-order valence-electron chi connectivity index (χ4n) is 4.18. The smallest absolute Gasteiger partial charge is 0.260 e. The molecule has 2 N–H and O–H groups in total. The Morgan fingerprint density at radius 2 is 1.95 bits per heavy atom. The van der Waals surface area contributed by atoms with E-state index in [9.17, 15) is 18.8 Å². The van der Waals surface area contributed by atoms with E-state index < -0.39 is 11.6 Å². The van der Waals surface area contributed by atoms with Gasteiger partial charge >= 0.3 is 0 Å². The highest BCUT2D eigenvalue weighted by atomic mass is 19.2. The summed E-state index contributed by atoms with van der Waals surface area (Å²) in [4.78, 5) is 20.5. The molecule has 8 heteroatoms. The number of nitrogens with zero attached hydrogens (tertiary/aromatic N) is 3. The van der Waals surface area contributed by atoms with Crippen LogP contribution >= 0.6 is 0 Å². The SMILES string of the molecule is C=C(NCc1cccc(-c2c[nH]c3ncc(C#N)cc23)c1)c1cccn(Cc2ccc(F)c(F)c2)c1=O. The van der Waals surface area contributed by atoms with Crippen molar-refractivity contribution in [1.82, 2.24) is 19.9 Å². The normalized spacial score (nSPS) is 10.8. The van der Waals surface area contributed by atoms with Gasteiger partial charge in [-0.25, -0.2) is 13.8 Å². The molecule has 0 saturated carbocycles. The van der Waals surface area contributed by atoms with Crippen molar-refractivity contribution in [1.29, 1.82) is 5.26 Å². The maximum atomic E-state index is 13.6. The molecule has 5 aromatic rings. The summed E-state index contributed by atoms with van der Waals surface area (Å²) in [5, 5.41) is 13.3. The Hall–Kier alpha value is -5.03. The molecule has 3 aromatic heterocycles. The van der Waals surface area contributed by atoms with Gasteiger partial charge in [0.15, 0.2) is 11.6 Å². The number of halogens is 2. The van der Waals surface area contributed by atoms with Gasteiger partial charge in [0.1, 0.15) is 11.7 Å². The summed E-state index contributed by atoms with van der Waals surface area (Å²) in [5.74, 6) is -1.89. The van der Waals surface area contributed by atoms with Crippen molar-refractivity contribution in [3.8, 4) is 17.2 Å². The van der Waals surface area contributed by atoms with Crippen molar-refractivity contribution < 1.29 is 8.78 Å². The summed E-state index contributed by atoms with van der Waals surface area (Å²) in [6.07, 6.45) is 4.99. The maximum Gasteiger partial charge on any atom is 0.260 e. The zero-order valence-corrected chi connectivity index (χ0v) is 19.6. The van der Waals surface area contributed by atoms with Crippen molar-refractivity contribution in [2.45, 2.75) is 13.1 Å². The van der Waals surface area contributed by atoms with E-state index in [-0.39, 0.29) is 12.1 Å². The van der Waals surface area contributed by atoms with Crippen molar-refractivity contribution in [3.63, 3.8) is 0 Å². The van der Waals surface area contributed by atoms with E-state index in [0.29, 0.717) is 34.6 Å². The number of hydrogen-bond donors (Lipinski definition) is 2. The van der Waals surface area contributed by atoms with Crippen LogP contribution in [0.5, 0.6) is 0 Å². The standard InChI is InChI=1S/C29H21F2N5O/c1-18(23-6-3-9-36(29(23)37)17-20-7-8-26(30)27(31)12-20)33-14-19-4-2-5-22(10-19)25-16-35-28-24(25)11-21(13-32)15-34-28/h2-12,15-16,33H,1,14,17H2,(H,34,35). The number of rotatable bonds is 7. The molecule has 0 amide bonds. The lowest BCUT2D eigenvalue weighted by molar-refractivity contribution is 0.506. The van der Waals surface area contributed by atoms with Crippen molar-refractivity contribution >= 4 is 16.7 Å². The van der Waals surface area contributed by atoms with Crippen molar-refractivity contribution in [3.05, 3.63) is 130 Å². The van der Waals surface area contributed by atoms with Crippen LogP contribution in [0.2, 0.25) is 0 Å². The highest BCUT2D eigenvalue weighted by molar-refractivity contribution is 5.94. The van der Waals surface area contributed by atoms with Gasteiger partial charge in [-0.2, -0.15) is 5.26 Å². The number of hydrogen-bond acceptors (Lipinski definition) is 4. The summed E-state index contributed by atoms with van der Waals surface area (Å²) in [7, 11) is 0. The fourth-order valence-corrected chi connectivity index (χ4v) is 4.18. The number of nitrogens with one attached hydrogen (secondary N) is 2. The monoisotopic (exact) mass is 493 g/mol. The van der Waals surface area contributed by atoms with E-state index in [4.69, 9.17) is 0 Å². The molecule has 0 saturated heterocycles. The van der Waals surface area contributed by atoms with Crippen LogP contribution < -0.4 is 10.9 Å². The average molecular weight is 494 g/mol. The third kappa shape index (κ3) is 4.88. The molecule has 0 atom stereocenters. The van der Waals surface area contributed by atoms with Gasteiger partial charge in [-0.1, -0.05) is 30.8 Å². The first-order valence-electron chi connectivity index (χ1n) is 11.5. The summed E-state index contributed by atoms with van der Waals surface area (Å²) in [5.41, 5.74) is 5.06. The minimum absolute atomic E-state index is 0.103. The number of aromatic nitrogens is 3. The van der Waals surface area contributed by atoms with Crippen LogP contribution in [0.15, 0.2) is 90.6 Å². The van der Waals surface area contributed by atoms with Gasteiger partial charge in [0.25, 0.3) is 5.56 Å². The number of H-pyrrole nitrogens is 1. The van der Waals surface area contributed by atoms with Gasteiger partial charge in [0.05, 0.1) is 17.7 Å². The Morgan fingerprint density at radius 3 is 2.76 bits per heavy atom. The van der Waals surface area contributed by atoms with Gasteiger partial charge in [0.2, 0.25) is 0 Å². The van der Waals surface area contributed by atoms with E-state index in [1.54, 1.807) is 18.3 Å². The molecule has 0 aliphatic carbocycles. The van der Waals surface area contributed by atoms with E-state index in [1.807, 2.05) is 36.5 Å². The highest BCUT2D eigenvalue weighted by Crippen LogP contribution is 2.29. The Balaban J connectivity index is 1.33. The lowest BCUT2D eigenvalue weighted by Gasteiger charge is -2.13. The molecular weight excluding hydrogens is 472 g/mol. The van der Waals surface area contributed by atoms with E-state index in [2.05, 4.69) is 27.9 Å². The average Bonchev–Trinajstić information content (AvgIpc) is 3.34. The molecule has 0 unspecified atom stereocenters. The topological polar surface area (TPSA) is 86.5 Å². The molecule has 0 bridgehead atoms. The first-order valence-corrected chi connectivity index (χ1v) is 11.5. The summed E-state index contributed by atoms with van der Waals surface area (Å²) in [6.45, 7) is 4.56. The van der Waals surface area contributed by atoms with Crippen LogP contribution in [0.25, 0.3) is 27.9 Å². The summed E-state index contributed by atoms with van der Waals surface area (Å²) >= 11 is 0. The lowest BCUT2D eigenvalue weighted by Crippen LogP contribution is -2.26. The summed E-state index contributed by atoms with van der Waals surface area (Å²) in [6, 6.07) is 18.8. The molecule has 37 heavy (non-hydrogen) atoms. The van der Waals surface area contributed by atoms with E-state index in [1.165, 1.54) is 16.8 Å². The zero-order chi connectivity index (χ0) is 25.9. The second-order valence-corrected chi connectivity index (χ2v) is 8.57. The van der Waals surface area contributed by atoms with Gasteiger partial charge in [-0.05, 0) is 53.1 Å². The number of pyridine rings is 2. The van der Waals surface area contributed by atoms with Crippen LogP contribution in [-0.4, -0.2) is 14.5 Å². The molecular formula is C29H21F2N5O. The fraction of sp³-hybridized carbons (Fsp3) is 0.0690. The molecule has 6 nitrogen and oxygen atoms in total. The van der Waals surface area contributed by atoms with Crippen LogP contribution in [0.1, 0.15) is 22.3 Å². The van der Waals surface area contributed by atoms with Gasteiger partial charge in [0, 0.05) is 41.8 Å². The van der Waals surface area contributed by atoms with Crippen LogP contribution in [0.3, 0.4) is 0 Å². The first kappa shape index (κ1) is 23.7. The minimum Gasteiger partial charge on any atom is -0.381 e. The predicted molar refractivity (Wildman–Crippen MR) is 138 cm³/mol. The van der Waals surface area contributed by atoms with Crippen LogP contribution in [0, 0.1) is 23.0 Å². The quantitative estimate of drug-likeness (QED) is 0.320. The largest absolute Gasteiger partial charge is 0.381 e. The Bertz CT molecular complexity index is 1750. The summed E-state index contributed by atoms with van der Waals surface area (Å²) < 4.78 is 28.2. The Labute approximate surface area is 211 Å². The lowest BCUT2D eigenvalue weighted by atomic mass is 10.0. The molecule has 0 radical (unpaired) electrons. The van der Waals surface area contributed by atoms with Crippen molar-refractivity contribution in [2.24, 2.45) is 0 Å². The first-order chi connectivity index (χ1) is 17.9. The third-order valence-corrected chi connectivity index (χ3v) is 6.09. The molecule has 0 spiro atoms. The molecule has 182 valence electrons. The molecule has 0 aliphatic heterocycles. The van der Waals surface area contributed by atoms with Gasteiger partial charge in [-0.15, -0.1) is 0 Å². The zero-order valence-electron chi connectivity index (χ0n) is 19.6. The minimum atomic E-state index is -0.954.